The molecule has 1 aromatic carbocycles. The molecule has 34 heavy (non-hydrogen) atoms. The molecule has 0 amide bonds. The van der Waals surface area contributed by atoms with Gasteiger partial charge in [0.15, 0.2) is 5.78 Å². The fraction of sp³-hybridized carbons (Fsp3) is 0.185. The number of hydrogen-bond acceptors (Lipinski definition) is 6. The van der Waals surface area contributed by atoms with E-state index in [1.165, 1.54) is 14.0 Å². The second kappa shape index (κ2) is 9.70. The Morgan fingerprint density at radius 1 is 1.06 bits per heavy atom. The third-order valence-electron chi connectivity index (χ3n) is 5.65. The van der Waals surface area contributed by atoms with Crippen LogP contribution in [-0.2, 0) is 27.3 Å². The number of hydrogen-bond donors (Lipinski definition) is 1. The summed E-state index contributed by atoms with van der Waals surface area (Å²) in [5, 5.41) is 0. The van der Waals surface area contributed by atoms with E-state index in [0.717, 1.165) is 33.4 Å². The van der Waals surface area contributed by atoms with Crippen LogP contribution in [0.3, 0.4) is 0 Å². The van der Waals surface area contributed by atoms with Crippen LogP contribution in [-0.4, -0.2) is 33.4 Å². The Kier molecular flexibility index (Phi) is 6.54. The number of Topliss-reactive ketones (excluding diaryl/α,β-unsaturated/α-hetero) is 1. The van der Waals surface area contributed by atoms with Crippen LogP contribution >= 0.6 is 0 Å². The van der Waals surface area contributed by atoms with Gasteiger partial charge < -0.3 is 15.0 Å². The molecule has 7 heteroatoms. The van der Waals surface area contributed by atoms with Gasteiger partial charge in [0.2, 0.25) is 0 Å². The van der Waals surface area contributed by atoms with Gasteiger partial charge in [-0.25, -0.2) is 0 Å². The first kappa shape index (κ1) is 22.9. The Morgan fingerprint density at radius 3 is 2.44 bits per heavy atom. The van der Waals surface area contributed by atoms with E-state index in [4.69, 9.17) is 15.5 Å². The van der Waals surface area contributed by atoms with Crippen molar-refractivity contribution in [3.8, 4) is 11.1 Å². The lowest BCUT2D eigenvalue weighted by molar-refractivity contribution is -0.139. The number of benzene rings is 1. The summed E-state index contributed by atoms with van der Waals surface area (Å²) < 4.78 is 6.83. The maximum absolute atomic E-state index is 12.2. The fourth-order valence-electron chi connectivity index (χ4n) is 4.06. The van der Waals surface area contributed by atoms with E-state index in [1.807, 2.05) is 54.7 Å². The molecule has 0 aliphatic carbocycles. The quantitative estimate of drug-likeness (QED) is 0.333. The summed E-state index contributed by atoms with van der Waals surface area (Å²) in [5.41, 5.74) is 13.0. The van der Waals surface area contributed by atoms with Crippen molar-refractivity contribution in [1.82, 2.24) is 14.5 Å². The molecule has 3 aromatic heterocycles. The number of nitrogens with zero attached hydrogens (tertiary/aromatic N) is 3. The summed E-state index contributed by atoms with van der Waals surface area (Å²) in [6.45, 7) is 3.77. The number of fused-ring (bicyclic) bond motifs is 1. The zero-order chi connectivity index (χ0) is 24.2. The topological polar surface area (TPSA) is 100 Å². The van der Waals surface area contributed by atoms with Crippen LogP contribution in [0.2, 0.25) is 0 Å². The number of allylic oxidation sites excluding steroid dienone is 2. The number of aromatic nitrogens is 3. The van der Waals surface area contributed by atoms with Crippen LogP contribution < -0.4 is 5.73 Å². The fourth-order valence-corrected chi connectivity index (χ4v) is 4.06. The molecule has 0 bridgehead atoms. The summed E-state index contributed by atoms with van der Waals surface area (Å²) in [6, 6.07) is 15.5. The largest absolute Gasteiger partial charge is 0.469 e. The van der Waals surface area contributed by atoms with E-state index in [0.29, 0.717) is 23.4 Å². The molecule has 0 radical (unpaired) electrons. The Labute approximate surface area is 197 Å². The molecule has 172 valence electrons. The van der Waals surface area contributed by atoms with Gasteiger partial charge in [-0.2, -0.15) is 0 Å². The van der Waals surface area contributed by atoms with Crippen molar-refractivity contribution in [2.75, 3.05) is 7.11 Å². The normalized spacial score (nSPS) is 11.9. The first-order chi connectivity index (χ1) is 16.4. The second-order valence-electron chi connectivity index (χ2n) is 8.15. The highest BCUT2D eigenvalue weighted by atomic mass is 16.5. The standard InChI is InChI=1S/C27H26N4O3/c1-17(28)26(18(2)32)21-13-24-27(30-14-21)23(16-31(24)15-22-6-4-5-11-29-22)20-9-7-19(8-10-20)12-25(33)34-3/h4-11,13-14,16H,12,15,28H2,1-3H3/b26-17+. The molecule has 0 atom stereocenters. The van der Waals surface area contributed by atoms with Crippen molar-refractivity contribution in [3.63, 3.8) is 0 Å². The number of methoxy groups -OCH3 is 1. The van der Waals surface area contributed by atoms with Crippen LogP contribution in [0.4, 0.5) is 0 Å². The molecule has 2 N–H and O–H groups in total. The van der Waals surface area contributed by atoms with Gasteiger partial charge in [0, 0.05) is 41.0 Å². The Hall–Kier alpha value is -4.26. The molecule has 4 aromatic rings. The first-order valence-corrected chi connectivity index (χ1v) is 10.9. The minimum Gasteiger partial charge on any atom is -0.469 e. The number of ether oxygens (including phenoxy) is 1. The summed E-state index contributed by atoms with van der Waals surface area (Å²) in [5.74, 6) is -0.385. The van der Waals surface area contributed by atoms with Gasteiger partial charge in [-0.15, -0.1) is 0 Å². The van der Waals surface area contributed by atoms with Crippen LogP contribution in [0.15, 0.2) is 72.8 Å². The lowest BCUT2D eigenvalue weighted by Crippen LogP contribution is -2.06. The molecule has 0 aliphatic heterocycles. The zero-order valence-corrected chi connectivity index (χ0v) is 19.4. The molecule has 4 rings (SSSR count). The van der Waals surface area contributed by atoms with E-state index in [-0.39, 0.29) is 18.2 Å². The van der Waals surface area contributed by atoms with Crippen LogP contribution in [0.1, 0.15) is 30.7 Å². The van der Waals surface area contributed by atoms with Crippen molar-refractivity contribution >= 4 is 28.4 Å². The van der Waals surface area contributed by atoms with E-state index < -0.39 is 0 Å². The van der Waals surface area contributed by atoms with Gasteiger partial charge in [0.1, 0.15) is 0 Å². The van der Waals surface area contributed by atoms with Crippen LogP contribution in [0.5, 0.6) is 0 Å². The van der Waals surface area contributed by atoms with Crippen LogP contribution in [0, 0.1) is 0 Å². The average molecular weight is 455 g/mol. The number of esters is 1. The molecule has 3 heterocycles. The highest BCUT2D eigenvalue weighted by Crippen LogP contribution is 2.32. The SMILES string of the molecule is COC(=O)Cc1ccc(-c2cn(Cc3ccccn3)c3cc(/C(C(C)=O)=C(\C)N)cnc23)cc1. The van der Waals surface area contributed by atoms with E-state index >= 15 is 0 Å². The Morgan fingerprint density at radius 2 is 1.82 bits per heavy atom. The zero-order valence-electron chi connectivity index (χ0n) is 19.4. The minimum absolute atomic E-state index is 0.106. The molecule has 7 nitrogen and oxygen atoms in total. The van der Waals surface area contributed by atoms with Gasteiger partial charge in [0.25, 0.3) is 0 Å². The highest BCUT2D eigenvalue weighted by molar-refractivity contribution is 6.20. The Bertz CT molecular complexity index is 1380. The van der Waals surface area contributed by atoms with E-state index in [2.05, 4.69) is 9.55 Å². The van der Waals surface area contributed by atoms with Gasteiger partial charge in [-0.05, 0) is 43.2 Å². The van der Waals surface area contributed by atoms with Gasteiger partial charge in [-0.3, -0.25) is 19.6 Å². The van der Waals surface area contributed by atoms with Crippen LogP contribution in [0.25, 0.3) is 27.7 Å². The maximum Gasteiger partial charge on any atom is 0.309 e. The third kappa shape index (κ3) is 4.73. The predicted molar refractivity (Wildman–Crippen MR) is 132 cm³/mol. The molecule has 0 spiro atoms. The smallest absolute Gasteiger partial charge is 0.309 e. The summed E-state index contributed by atoms with van der Waals surface area (Å²) in [6.07, 6.45) is 5.71. The minimum atomic E-state index is -0.279. The number of carbonyl (C=O) groups excluding carboxylic acids is 2. The summed E-state index contributed by atoms with van der Waals surface area (Å²) in [4.78, 5) is 33.0. The third-order valence-corrected chi connectivity index (χ3v) is 5.65. The van der Waals surface area contributed by atoms with Crippen molar-refractivity contribution < 1.29 is 14.3 Å². The van der Waals surface area contributed by atoms with E-state index in [1.54, 1.807) is 19.3 Å². The van der Waals surface area contributed by atoms with Crippen molar-refractivity contribution in [2.45, 2.75) is 26.8 Å². The molecule has 0 fully saturated rings. The van der Waals surface area contributed by atoms with Crippen molar-refractivity contribution in [1.29, 1.82) is 0 Å². The highest BCUT2D eigenvalue weighted by Gasteiger charge is 2.17. The summed E-state index contributed by atoms with van der Waals surface area (Å²) >= 11 is 0. The average Bonchev–Trinajstić information content (AvgIpc) is 3.17. The van der Waals surface area contributed by atoms with E-state index in [9.17, 15) is 9.59 Å². The van der Waals surface area contributed by atoms with Gasteiger partial charge in [0.05, 0.1) is 36.8 Å². The monoisotopic (exact) mass is 454 g/mol. The molecule has 0 aliphatic rings. The number of carbonyl (C=O) groups is 2. The first-order valence-electron chi connectivity index (χ1n) is 10.9. The number of nitrogens with two attached hydrogens (primary N) is 1. The Balaban J connectivity index is 1.83. The number of ketones is 1. The van der Waals surface area contributed by atoms with Crippen molar-refractivity contribution in [3.05, 3.63) is 89.6 Å². The van der Waals surface area contributed by atoms with Gasteiger partial charge >= 0.3 is 5.97 Å². The van der Waals surface area contributed by atoms with Gasteiger partial charge in [-0.1, -0.05) is 30.3 Å². The number of rotatable bonds is 7. The second-order valence-corrected chi connectivity index (χ2v) is 8.15. The van der Waals surface area contributed by atoms with Crippen molar-refractivity contribution in [2.24, 2.45) is 5.73 Å². The molecule has 0 saturated carbocycles. The summed E-state index contributed by atoms with van der Waals surface area (Å²) in [7, 11) is 1.38. The molecule has 0 saturated heterocycles. The molecular formula is C27H26N4O3. The molecule has 0 unspecified atom stereocenters. The maximum atomic E-state index is 12.2. The molecular weight excluding hydrogens is 428 g/mol. The number of pyridine rings is 2. The predicted octanol–water partition coefficient (Wildman–Crippen LogP) is 4.14. The lowest BCUT2D eigenvalue weighted by atomic mass is 10.0. The lowest BCUT2D eigenvalue weighted by Gasteiger charge is -2.09.